The molecule has 0 unspecified atom stereocenters. The topological polar surface area (TPSA) is 30.3 Å². The first kappa shape index (κ1) is 11.3. The van der Waals surface area contributed by atoms with Gasteiger partial charge in [0.2, 0.25) is 0 Å². The van der Waals surface area contributed by atoms with Gasteiger partial charge in [0.15, 0.2) is 5.82 Å². The zero-order chi connectivity index (χ0) is 12.4. The van der Waals surface area contributed by atoms with E-state index in [1.165, 1.54) is 11.1 Å². The molecule has 0 bridgehead atoms. The molecule has 2 heterocycles. The Kier molecular flexibility index (Phi) is 3.02. The van der Waals surface area contributed by atoms with Gasteiger partial charge in [-0.3, -0.25) is 0 Å². The second-order valence-electron chi connectivity index (χ2n) is 4.48. The molecule has 4 nitrogen and oxygen atoms in total. The van der Waals surface area contributed by atoms with Gasteiger partial charge in [-0.25, -0.2) is 9.66 Å². The van der Waals surface area contributed by atoms with Gasteiger partial charge in [-0.15, -0.1) is 0 Å². The van der Waals surface area contributed by atoms with Crippen LogP contribution in [0, 0.1) is 6.92 Å². The van der Waals surface area contributed by atoms with Crippen molar-refractivity contribution in [2.45, 2.75) is 6.92 Å². The zero-order valence-electron chi connectivity index (χ0n) is 10.5. The van der Waals surface area contributed by atoms with Crippen molar-refractivity contribution < 1.29 is 4.74 Å². The molecule has 3 rings (SSSR count). The predicted molar refractivity (Wildman–Crippen MR) is 71.2 cm³/mol. The van der Waals surface area contributed by atoms with Gasteiger partial charge in [0, 0.05) is 18.0 Å². The number of aromatic nitrogens is 2. The highest BCUT2D eigenvalue weighted by Crippen LogP contribution is 2.21. The van der Waals surface area contributed by atoms with Crippen LogP contribution in [-0.2, 0) is 4.74 Å². The first-order valence-electron chi connectivity index (χ1n) is 6.28. The summed E-state index contributed by atoms with van der Waals surface area (Å²) in [4.78, 5) is 4.50. The maximum atomic E-state index is 5.39. The van der Waals surface area contributed by atoms with Gasteiger partial charge in [0.1, 0.15) is 0 Å². The van der Waals surface area contributed by atoms with Crippen molar-refractivity contribution in [2.24, 2.45) is 0 Å². The Morgan fingerprint density at radius 1 is 1.17 bits per heavy atom. The Morgan fingerprint density at radius 3 is 2.72 bits per heavy atom. The molecule has 1 aromatic heterocycles. The molecule has 0 aliphatic carbocycles. The van der Waals surface area contributed by atoms with E-state index >= 15 is 0 Å². The van der Waals surface area contributed by atoms with Crippen LogP contribution in [-0.4, -0.2) is 36.0 Å². The highest BCUT2D eigenvalue weighted by Gasteiger charge is 2.15. The quantitative estimate of drug-likeness (QED) is 0.806. The van der Waals surface area contributed by atoms with Gasteiger partial charge in [-0.2, -0.15) is 0 Å². The minimum absolute atomic E-state index is 0.783. The Hall–Kier alpha value is -1.81. The van der Waals surface area contributed by atoms with Crippen LogP contribution in [0.3, 0.4) is 0 Å². The summed E-state index contributed by atoms with van der Waals surface area (Å²) in [5.74, 6) is 1.01. The number of benzene rings is 1. The molecule has 0 saturated carbocycles. The van der Waals surface area contributed by atoms with E-state index in [1.54, 1.807) is 0 Å². The first-order chi connectivity index (χ1) is 8.86. The summed E-state index contributed by atoms with van der Waals surface area (Å²) < 4.78 is 7.54. The Labute approximate surface area is 107 Å². The molecule has 0 amide bonds. The fraction of sp³-hybridized carbons (Fsp3) is 0.357. The lowest BCUT2D eigenvalue weighted by atomic mass is 10.1. The Bertz CT molecular complexity index is 529. The maximum absolute atomic E-state index is 5.39. The van der Waals surface area contributed by atoms with E-state index < -0.39 is 0 Å². The second-order valence-corrected chi connectivity index (χ2v) is 4.48. The monoisotopic (exact) mass is 243 g/mol. The molecule has 0 radical (unpaired) electrons. The van der Waals surface area contributed by atoms with Crippen LogP contribution in [0.1, 0.15) is 5.56 Å². The average molecular weight is 243 g/mol. The van der Waals surface area contributed by atoms with Crippen molar-refractivity contribution >= 4 is 0 Å². The summed E-state index contributed by atoms with van der Waals surface area (Å²) in [5.41, 5.74) is 2.44. The highest BCUT2D eigenvalue weighted by atomic mass is 16.5. The van der Waals surface area contributed by atoms with Crippen LogP contribution in [0.4, 0.5) is 0 Å². The van der Waals surface area contributed by atoms with E-state index in [0.717, 1.165) is 32.1 Å². The third-order valence-electron chi connectivity index (χ3n) is 3.30. The minimum Gasteiger partial charge on any atom is -0.378 e. The van der Waals surface area contributed by atoms with Crippen molar-refractivity contribution in [3.63, 3.8) is 0 Å². The summed E-state index contributed by atoms with van der Waals surface area (Å²) in [6, 6.07) is 8.35. The normalized spacial score (nSPS) is 15.9. The maximum Gasteiger partial charge on any atom is 0.158 e. The lowest BCUT2D eigenvalue weighted by Gasteiger charge is -2.30. The van der Waals surface area contributed by atoms with Gasteiger partial charge < -0.3 is 9.75 Å². The van der Waals surface area contributed by atoms with Gasteiger partial charge in [-0.05, 0) is 12.5 Å². The standard InChI is InChI=1S/C14H17N3O/c1-12-4-2-3-5-13(12)14-15-6-7-17(14)16-8-10-18-11-9-16/h2-7H,8-11H2,1H3. The SMILES string of the molecule is Cc1ccccc1-c1nccn1N1CCOCC1. The molecule has 94 valence electrons. The third-order valence-corrected chi connectivity index (χ3v) is 3.30. The molecule has 0 spiro atoms. The summed E-state index contributed by atoms with van der Waals surface area (Å²) in [5, 5.41) is 2.28. The van der Waals surface area contributed by atoms with E-state index in [0.29, 0.717) is 0 Å². The van der Waals surface area contributed by atoms with Crippen LogP contribution < -0.4 is 5.01 Å². The van der Waals surface area contributed by atoms with Crippen LogP contribution in [0.15, 0.2) is 36.7 Å². The zero-order valence-corrected chi connectivity index (χ0v) is 10.5. The number of imidazole rings is 1. The molecule has 1 aliphatic rings. The number of aryl methyl sites for hydroxylation is 1. The fourth-order valence-electron chi connectivity index (χ4n) is 2.31. The van der Waals surface area contributed by atoms with Crippen molar-refractivity contribution in [1.29, 1.82) is 0 Å². The fourth-order valence-corrected chi connectivity index (χ4v) is 2.31. The number of nitrogens with zero attached hydrogens (tertiary/aromatic N) is 3. The number of ether oxygens (including phenoxy) is 1. The summed E-state index contributed by atoms with van der Waals surface area (Å²) in [6.07, 6.45) is 3.88. The number of hydrogen-bond donors (Lipinski definition) is 0. The van der Waals surface area contributed by atoms with Crippen molar-refractivity contribution in [1.82, 2.24) is 9.66 Å². The van der Waals surface area contributed by atoms with Gasteiger partial charge in [-0.1, -0.05) is 24.3 Å². The lowest BCUT2D eigenvalue weighted by Crippen LogP contribution is -2.43. The smallest absolute Gasteiger partial charge is 0.158 e. The summed E-state index contributed by atoms with van der Waals surface area (Å²) in [7, 11) is 0. The molecule has 1 aromatic carbocycles. The Balaban J connectivity index is 1.98. The van der Waals surface area contributed by atoms with Crippen LogP contribution in [0.5, 0.6) is 0 Å². The summed E-state index contributed by atoms with van der Waals surface area (Å²) in [6.45, 7) is 5.51. The van der Waals surface area contributed by atoms with Gasteiger partial charge in [0.25, 0.3) is 0 Å². The van der Waals surface area contributed by atoms with E-state index in [1.807, 2.05) is 12.4 Å². The van der Waals surface area contributed by atoms with Crippen LogP contribution >= 0.6 is 0 Å². The molecule has 0 N–H and O–H groups in total. The van der Waals surface area contributed by atoms with Crippen LogP contribution in [0.2, 0.25) is 0 Å². The van der Waals surface area contributed by atoms with Crippen molar-refractivity contribution in [3.8, 4) is 11.4 Å². The number of hydrogen-bond acceptors (Lipinski definition) is 3. The molecule has 2 aromatic rings. The Morgan fingerprint density at radius 2 is 1.94 bits per heavy atom. The molecule has 4 heteroatoms. The molecule has 0 atom stereocenters. The van der Waals surface area contributed by atoms with Gasteiger partial charge in [0.05, 0.1) is 26.3 Å². The minimum atomic E-state index is 0.783. The highest BCUT2D eigenvalue weighted by molar-refractivity contribution is 5.60. The van der Waals surface area contributed by atoms with Crippen LogP contribution in [0.25, 0.3) is 11.4 Å². The third kappa shape index (κ3) is 1.99. The van der Waals surface area contributed by atoms with Crippen molar-refractivity contribution in [2.75, 3.05) is 31.3 Å². The van der Waals surface area contributed by atoms with E-state index in [2.05, 4.69) is 45.9 Å². The predicted octanol–water partition coefficient (Wildman–Crippen LogP) is 1.83. The molecule has 1 aliphatic heterocycles. The number of morpholine rings is 1. The summed E-state index contributed by atoms with van der Waals surface area (Å²) >= 11 is 0. The molecule has 18 heavy (non-hydrogen) atoms. The van der Waals surface area contributed by atoms with E-state index in [9.17, 15) is 0 Å². The molecule has 1 fully saturated rings. The van der Waals surface area contributed by atoms with E-state index in [-0.39, 0.29) is 0 Å². The van der Waals surface area contributed by atoms with E-state index in [4.69, 9.17) is 4.74 Å². The molecular formula is C14H17N3O. The average Bonchev–Trinajstić information content (AvgIpc) is 2.89. The largest absolute Gasteiger partial charge is 0.378 e. The first-order valence-corrected chi connectivity index (χ1v) is 6.28. The van der Waals surface area contributed by atoms with Crippen molar-refractivity contribution in [3.05, 3.63) is 42.2 Å². The second kappa shape index (κ2) is 4.82. The molecular weight excluding hydrogens is 226 g/mol. The number of rotatable bonds is 2. The lowest BCUT2D eigenvalue weighted by molar-refractivity contribution is 0.111. The van der Waals surface area contributed by atoms with Gasteiger partial charge >= 0.3 is 0 Å². The molecule has 1 saturated heterocycles.